The molecule has 218 valence electrons. The van der Waals surface area contributed by atoms with Crippen LogP contribution in [0.15, 0.2) is 108 Å². The number of nitrogens with one attached hydrogen (secondary N) is 3. The molecule has 3 aromatic carbocycles. The third kappa shape index (κ3) is 8.99. The zero-order chi connectivity index (χ0) is 30.8. The van der Waals surface area contributed by atoms with Gasteiger partial charge in [-0.25, -0.2) is 4.98 Å². The summed E-state index contributed by atoms with van der Waals surface area (Å²) in [5.41, 5.74) is 1.09. The molecule has 3 amide bonds. The molecule has 0 fully saturated rings. The van der Waals surface area contributed by atoms with Crippen molar-refractivity contribution in [3.8, 4) is 0 Å². The number of nitro benzene ring substituents is 1. The van der Waals surface area contributed by atoms with Gasteiger partial charge in [0.2, 0.25) is 5.91 Å². The van der Waals surface area contributed by atoms with Gasteiger partial charge < -0.3 is 16.0 Å². The van der Waals surface area contributed by atoms with Gasteiger partial charge in [-0.1, -0.05) is 42.8 Å². The number of hydrogen-bond donors (Lipinski definition) is 3. The molecule has 0 aliphatic rings. The first-order valence-corrected chi connectivity index (χ1v) is 14.3. The number of benzene rings is 3. The number of aromatic nitrogens is 1. The second-order valence-electron chi connectivity index (χ2n) is 9.07. The normalized spacial score (nSPS) is 11.7. The first-order chi connectivity index (χ1) is 20.7. The third-order valence-corrected chi connectivity index (χ3v) is 7.54. The van der Waals surface area contributed by atoms with Gasteiger partial charge in [-0.15, -0.1) is 11.8 Å². The van der Waals surface area contributed by atoms with Crippen molar-refractivity contribution in [3.05, 3.63) is 129 Å². The van der Waals surface area contributed by atoms with E-state index < -0.39 is 22.0 Å². The lowest BCUT2D eigenvalue weighted by molar-refractivity contribution is -0.384. The molecule has 43 heavy (non-hydrogen) atoms. The summed E-state index contributed by atoms with van der Waals surface area (Å²) in [5, 5.41) is 19.3. The van der Waals surface area contributed by atoms with E-state index in [9.17, 15) is 24.5 Å². The Morgan fingerprint density at radius 3 is 2.37 bits per heavy atom. The predicted molar refractivity (Wildman–Crippen MR) is 168 cm³/mol. The first kappa shape index (κ1) is 30.9. The summed E-state index contributed by atoms with van der Waals surface area (Å²) in [6.45, 7) is 1.89. The molecule has 4 rings (SSSR count). The minimum Gasteiger partial charge on any atom is -0.321 e. The van der Waals surface area contributed by atoms with E-state index in [0.717, 1.165) is 4.90 Å². The van der Waals surface area contributed by atoms with Crippen LogP contribution in [0.4, 0.5) is 17.2 Å². The van der Waals surface area contributed by atoms with Crippen molar-refractivity contribution in [2.24, 2.45) is 0 Å². The molecule has 1 unspecified atom stereocenters. The fourth-order valence-corrected chi connectivity index (χ4v) is 4.92. The van der Waals surface area contributed by atoms with Crippen molar-refractivity contribution in [3.63, 3.8) is 0 Å². The average molecular weight is 616 g/mol. The highest BCUT2D eigenvalue weighted by molar-refractivity contribution is 8.00. The Kier molecular flexibility index (Phi) is 10.6. The number of pyridine rings is 1. The molecule has 0 spiro atoms. The number of carbonyl (C=O) groups excluding carboxylic acids is 3. The molecule has 12 heteroatoms. The summed E-state index contributed by atoms with van der Waals surface area (Å²) in [6.07, 6.45) is 3.42. The Hall–Kier alpha value is -5.00. The number of amides is 3. The summed E-state index contributed by atoms with van der Waals surface area (Å²) >= 11 is 7.20. The molecule has 1 atom stereocenters. The predicted octanol–water partition coefficient (Wildman–Crippen LogP) is 6.56. The third-order valence-electron chi connectivity index (χ3n) is 5.96. The summed E-state index contributed by atoms with van der Waals surface area (Å²) in [7, 11) is 0. The maximum Gasteiger partial charge on any atom is 0.272 e. The van der Waals surface area contributed by atoms with Gasteiger partial charge in [0, 0.05) is 34.5 Å². The molecule has 0 saturated heterocycles. The molecule has 0 bridgehead atoms. The monoisotopic (exact) mass is 615 g/mol. The van der Waals surface area contributed by atoms with Gasteiger partial charge in [0.25, 0.3) is 17.5 Å². The van der Waals surface area contributed by atoms with Gasteiger partial charge in [0.15, 0.2) is 0 Å². The zero-order valence-electron chi connectivity index (χ0n) is 22.8. The maximum absolute atomic E-state index is 13.4. The number of thioether (sulfide) groups is 1. The largest absolute Gasteiger partial charge is 0.321 e. The van der Waals surface area contributed by atoms with Crippen LogP contribution in [-0.2, 0) is 9.59 Å². The van der Waals surface area contributed by atoms with Gasteiger partial charge in [0.1, 0.15) is 11.5 Å². The number of rotatable bonds is 11. The molecule has 0 radical (unpaired) electrons. The molecule has 0 aliphatic heterocycles. The number of anilines is 2. The van der Waals surface area contributed by atoms with Crippen LogP contribution in [0.2, 0.25) is 5.02 Å². The van der Waals surface area contributed by atoms with Gasteiger partial charge in [-0.2, -0.15) is 0 Å². The van der Waals surface area contributed by atoms with Gasteiger partial charge in [-0.05, 0) is 72.7 Å². The maximum atomic E-state index is 13.4. The molecule has 1 aromatic heterocycles. The minimum atomic E-state index is -0.608. The Balaban J connectivity index is 1.51. The fourth-order valence-electron chi connectivity index (χ4n) is 3.79. The standard InChI is InChI=1S/C31H26ClN5O5S/c1-2-27(31(40)36-28-16-13-22(32)19-33-28)43-25-10-6-9-23(18-25)34-30(39)26(35-29(38)21-7-4-3-5-8-21)17-20-11-14-24(15-12-20)37(41)42/h3-19,27H,2H2,1H3,(H,34,39)(H,35,38)(H,33,36,40)/b26-17+. The number of hydrogen-bond acceptors (Lipinski definition) is 7. The SMILES string of the molecule is CCC(Sc1cccc(NC(=O)/C(=C\c2ccc([N+](=O)[O-])cc2)NC(=O)c2ccccc2)c1)C(=O)Nc1ccc(Cl)cn1. The van der Waals surface area contributed by atoms with Crippen molar-refractivity contribution in [1.29, 1.82) is 0 Å². The average Bonchev–Trinajstić information content (AvgIpc) is 3.01. The van der Waals surface area contributed by atoms with Gasteiger partial charge in [0.05, 0.1) is 15.2 Å². The lowest BCUT2D eigenvalue weighted by Gasteiger charge is -2.15. The highest BCUT2D eigenvalue weighted by Crippen LogP contribution is 2.29. The van der Waals surface area contributed by atoms with Crippen LogP contribution in [0.1, 0.15) is 29.3 Å². The van der Waals surface area contributed by atoms with Crippen LogP contribution in [0.5, 0.6) is 0 Å². The molecule has 0 saturated carbocycles. The smallest absolute Gasteiger partial charge is 0.272 e. The van der Waals surface area contributed by atoms with Crippen LogP contribution in [0.25, 0.3) is 6.08 Å². The topological polar surface area (TPSA) is 143 Å². The highest BCUT2D eigenvalue weighted by atomic mass is 35.5. The molecule has 1 heterocycles. The Bertz CT molecular complexity index is 1650. The van der Waals surface area contributed by atoms with E-state index in [1.807, 2.05) is 13.0 Å². The molecular weight excluding hydrogens is 590 g/mol. The number of halogens is 1. The quantitative estimate of drug-likeness (QED) is 0.0750. The van der Waals surface area contributed by atoms with Crippen LogP contribution in [0, 0.1) is 10.1 Å². The van der Waals surface area contributed by atoms with Crippen LogP contribution < -0.4 is 16.0 Å². The molecule has 3 N–H and O–H groups in total. The van der Waals surface area contributed by atoms with Crippen molar-refractivity contribution < 1.29 is 19.3 Å². The number of non-ortho nitro benzene ring substituents is 1. The minimum absolute atomic E-state index is 0.0676. The second-order valence-corrected chi connectivity index (χ2v) is 10.8. The lowest BCUT2D eigenvalue weighted by atomic mass is 10.1. The summed E-state index contributed by atoms with van der Waals surface area (Å²) in [6, 6.07) is 24.2. The van der Waals surface area contributed by atoms with Crippen molar-refractivity contribution in [1.82, 2.24) is 10.3 Å². The van der Waals surface area contributed by atoms with E-state index in [4.69, 9.17) is 11.6 Å². The van der Waals surface area contributed by atoms with E-state index in [1.165, 1.54) is 48.3 Å². The summed E-state index contributed by atoms with van der Waals surface area (Å²) in [5.74, 6) is -0.948. The number of nitrogens with zero attached hydrogens (tertiary/aromatic N) is 2. The zero-order valence-corrected chi connectivity index (χ0v) is 24.4. The Labute approximate surface area is 256 Å². The number of carbonyl (C=O) groups is 3. The second kappa shape index (κ2) is 14.8. The van der Waals surface area contributed by atoms with Crippen LogP contribution in [0.3, 0.4) is 0 Å². The summed E-state index contributed by atoms with van der Waals surface area (Å²) < 4.78 is 0. The van der Waals surface area contributed by atoms with E-state index in [1.54, 1.807) is 60.7 Å². The Morgan fingerprint density at radius 1 is 0.977 bits per heavy atom. The van der Waals surface area contributed by atoms with E-state index in [2.05, 4.69) is 20.9 Å². The van der Waals surface area contributed by atoms with Crippen molar-refractivity contribution in [2.75, 3.05) is 10.6 Å². The molecule has 10 nitrogen and oxygen atoms in total. The van der Waals surface area contributed by atoms with E-state index in [-0.39, 0.29) is 17.3 Å². The van der Waals surface area contributed by atoms with Crippen LogP contribution >= 0.6 is 23.4 Å². The lowest BCUT2D eigenvalue weighted by Crippen LogP contribution is -2.30. The van der Waals surface area contributed by atoms with E-state index >= 15 is 0 Å². The molecule has 0 aliphatic carbocycles. The van der Waals surface area contributed by atoms with Gasteiger partial charge in [-0.3, -0.25) is 24.5 Å². The highest BCUT2D eigenvalue weighted by Gasteiger charge is 2.20. The van der Waals surface area contributed by atoms with Crippen molar-refractivity contribution in [2.45, 2.75) is 23.5 Å². The van der Waals surface area contributed by atoms with Crippen LogP contribution in [-0.4, -0.2) is 32.9 Å². The van der Waals surface area contributed by atoms with Crippen molar-refractivity contribution >= 4 is 64.4 Å². The number of nitro groups is 1. The molecular formula is C31H26ClN5O5S. The first-order valence-electron chi connectivity index (χ1n) is 13.0. The summed E-state index contributed by atoms with van der Waals surface area (Å²) in [4.78, 5) is 54.5. The van der Waals surface area contributed by atoms with Gasteiger partial charge >= 0.3 is 0 Å². The molecule has 4 aromatic rings. The Morgan fingerprint density at radius 2 is 1.72 bits per heavy atom. The fraction of sp³-hybridized carbons (Fsp3) is 0.0968. The van der Waals surface area contributed by atoms with E-state index in [0.29, 0.717) is 34.1 Å².